The number of hydrogen-bond donors (Lipinski definition) is 1. The Morgan fingerprint density at radius 3 is 2.94 bits per heavy atom. The second-order valence-corrected chi connectivity index (χ2v) is 4.48. The summed E-state index contributed by atoms with van der Waals surface area (Å²) in [6, 6.07) is 4.26. The van der Waals surface area contributed by atoms with Crippen LogP contribution in [0.15, 0.2) is 12.1 Å². The lowest BCUT2D eigenvalue weighted by molar-refractivity contribution is -0.121. The van der Waals surface area contributed by atoms with Crippen LogP contribution < -0.4 is 5.32 Å². The molecule has 0 saturated carbocycles. The highest BCUT2D eigenvalue weighted by atomic mass is 16.1. The Morgan fingerprint density at radius 2 is 2.29 bits per heavy atom. The maximum atomic E-state index is 11.1. The highest BCUT2D eigenvalue weighted by Gasteiger charge is 2.24. The van der Waals surface area contributed by atoms with Crippen LogP contribution in [0.1, 0.15) is 36.6 Å². The molecule has 0 bridgehead atoms. The summed E-state index contributed by atoms with van der Waals surface area (Å²) in [7, 11) is 1.86. The Balaban J connectivity index is 2.28. The number of anilines is 1. The molecule has 1 atom stereocenters. The van der Waals surface area contributed by atoms with E-state index >= 15 is 0 Å². The lowest BCUT2D eigenvalue weighted by Gasteiger charge is -2.33. The van der Waals surface area contributed by atoms with E-state index < -0.39 is 0 Å². The van der Waals surface area contributed by atoms with Gasteiger partial charge in [0.25, 0.3) is 0 Å². The molecule has 1 aromatic rings. The van der Waals surface area contributed by atoms with E-state index in [4.69, 9.17) is 0 Å². The maximum absolute atomic E-state index is 11.1. The number of pyridine rings is 1. The first kappa shape index (κ1) is 11.9. The zero-order chi connectivity index (χ0) is 12.3. The molecule has 1 aromatic heterocycles. The monoisotopic (exact) mass is 233 g/mol. The van der Waals surface area contributed by atoms with Gasteiger partial charge in [0.05, 0.1) is 6.04 Å². The predicted octanol–water partition coefficient (Wildman–Crippen LogP) is 2.12. The number of aromatic nitrogens is 1. The molecule has 0 aliphatic carbocycles. The average Bonchev–Trinajstić information content (AvgIpc) is 2.38. The number of rotatable bonds is 3. The third-order valence-electron chi connectivity index (χ3n) is 3.42. The van der Waals surface area contributed by atoms with E-state index in [0.29, 0.717) is 0 Å². The highest BCUT2D eigenvalue weighted by Crippen LogP contribution is 2.31. The Bertz CT molecular complexity index is 406. The summed E-state index contributed by atoms with van der Waals surface area (Å²) in [4.78, 5) is 17.4. The fourth-order valence-electron chi connectivity index (χ4n) is 2.48. The van der Waals surface area contributed by atoms with Crippen molar-refractivity contribution in [2.24, 2.45) is 0 Å². The molecule has 1 aliphatic heterocycles. The number of hydrogen-bond acceptors (Lipinski definition) is 3. The first-order valence-corrected chi connectivity index (χ1v) is 6.12. The smallest absolute Gasteiger partial charge is 0.210 e. The molecule has 1 amide bonds. The topological polar surface area (TPSA) is 45.2 Å². The first-order chi connectivity index (χ1) is 8.26. The van der Waals surface area contributed by atoms with E-state index in [2.05, 4.69) is 16.4 Å². The lowest BCUT2D eigenvalue weighted by atomic mass is 9.95. The van der Waals surface area contributed by atoms with E-state index in [0.717, 1.165) is 37.3 Å². The third kappa shape index (κ3) is 2.40. The summed E-state index contributed by atoms with van der Waals surface area (Å²) in [5.41, 5.74) is 2.19. The Labute approximate surface area is 102 Å². The van der Waals surface area contributed by atoms with Crippen LogP contribution in [0.3, 0.4) is 0 Å². The summed E-state index contributed by atoms with van der Waals surface area (Å²) < 4.78 is 0. The summed E-state index contributed by atoms with van der Waals surface area (Å²) in [6.07, 6.45) is 4.30. The molecule has 17 heavy (non-hydrogen) atoms. The van der Waals surface area contributed by atoms with Gasteiger partial charge in [-0.3, -0.25) is 4.79 Å². The highest BCUT2D eigenvalue weighted by molar-refractivity contribution is 5.50. The van der Waals surface area contributed by atoms with Crippen LogP contribution in [0.2, 0.25) is 0 Å². The van der Waals surface area contributed by atoms with Crippen molar-refractivity contribution in [1.29, 1.82) is 0 Å². The number of carbonyl (C=O) groups excluding carboxylic acids is 1. The molecular weight excluding hydrogens is 214 g/mol. The van der Waals surface area contributed by atoms with Crippen molar-refractivity contribution in [1.82, 2.24) is 9.88 Å². The molecule has 0 spiro atoms. The molecule has 2 rings (SSSR count). The van der Waals surface area contributed by atoms with Gasteiger partial charge in [0.1, 0.15) is 5.82 Å². The Morgan fingerprint density at radius 1 is 1.47 bits per heavy atom. The van der Waals surface area contributed by atoms with Crippen LogP contribution >= 0.6 is 0 Å². The molecule has 0 aromatic carbocycles. The minimum atomic E-state index is 0.208. The van der Waals surface area contributed by atoms with Crippen LogP contribution in [0.25, 0.3) is 0 Å². The Kier molecular flexibility index (Phi) is 3.61. The minimum Gasteiger partial charge on any atom is -0.373 e. The summed E-state index contributed by atoms with van der Waals surface area (Å²) >= 11 is 0. The minimum absolute atomic E-state index is 0.208. The molecule has 1 saturated heterocycles. The van der Waals surface area contributed by atoms with Crippen LogP contribution in [0, 0.1) is 6.92 Å². The molecule has 2 heterocycles. The van der Waals surface area contributed by atoms with Gasteiger partial charge in [-0.05, 0) is 37.8 Å². The Hall–Kier alpha value is -1.58. The van der Waals surface area contributed by atoms with Crippen molar-refractivity contribution in [2.45, 2.75) is 32.2 Å². The fourth-order valence-corrected chi connectivity index (χ4v) is 2.48. The molecule has 4 heteroatoms. The van der Waals surface area contributed by atoms with Crippen molar-refractivity contribution < 1.29 is 4.79 Å². The van der Waals surface area contributed by atoms with Gasteiger partial charge in [-0.25, -0.2) is 4.98 Å². The van der Waals surface area contributed by atoms with Crippen molar-refractivity contribution in [3.63, 3.8) is 0 Å². The van der Waals surface area contributed by atoms with Crippen molar-refractivity contribution in [3.05, 3.63) is 23.4 Å². The number of carbonyl (C=O) groups is 1. The predicted molar refractivity (Wildman–Crippen MR) is 67.9 cm³/mol. The van der Waals surface area contributed by atoms with Gasteiger partial charge in [0, 0.05) is 19.3 Å². The molecule has 1 fully saturated rings. The SMILES string of the molecule is CNc1ccc([C@@H]2CCCCN2C=O)c(C)n1. The van der Waals surface area contributed by atoms with E-state index in [1.54, 1.807) is 0 Å². The van der Waals surface area contributed by atoms with E-state index in [1.807, 2.05) is 24.9 Å². The average molecular weight is 233 g/mol. The lowest BCUT2D eigenvalue weighted by Crippen LogP contribution is -2.32. The van der Waals surface area contributed by atoms with Crippen molar-refractivity contribution in [3.8, 4) is 0 Å². The summed E-state index contributed by atoms with van der Waals surface area (Å²) in [5.74, 6) is 0.875. The molecule has 1 N–H and O–H groups in total. The van der Waals surface area contributed by atoms with Crippen LogP contribution in [0.4, 0.5) is 5.82 Å². The maximum Gasteiger partial charge on any atom is 0.210 e. The fraction of sp³-hybridized carbons (Fsp3) is 0.538. The third-order valence-corrected chi connectivity index (χ3v) is 3.42. The van der Waals surface area contributed by atoms with Crippen LogP contribution in [-0.2, 0) is 4.79 Å². The molecule has 0 radical (unpaired) electrons. The van der Waals surface area contributed by atoms with Crippen molar-refractivity contribution in [2.75, 3.05) is 18.9 Å². The van der Waals surface area contributed by atoms with Crippen LogP contribution in [-0.4, -0.2) is 29.9 Å². The first-order valence-electron chi connectivity index (χ1n) is 6.12. The standard InChI is InChI=1S/C13H19N3O/c1-10-11(6-7-13(14-2)15-10)12-5-3-4-8-16(12)9-17/h6-7,9,12H,3-5,8H2,1-2H3,(H,14,15)/t12-/m0/s1. The van der Waals surface area contributed by atoms with Gasteiger partial charge in [0.2, 0.25) is 6.41 Å². The van der Waals surface area contributed by atoms with Gasteiger partial charge < -0.3 is 10.2 Å². The summed E-state index contributed by atoms with van der Waals surface area (Å²) in [5, 5.41) is 3.03. The molecule has 92 valence electrons. The summed E-state index contributed by atoms with van der Waals surface area (Å²) in [6.45, 7) is 2.87. The van der Waals surface area contributed by atoms with E-state index in [-0.39, 0.29) is 6.04 Å². The zero-order valence-electron chi connectivity index (χ0n) is 10.4. The number of likely N-dealkylation sites (tertiary alicyclic amines) is 1. The van der Waals surface area contributed by atoms with Crippen LogP contribution in [0.5, 0.6) is 0 Å². The molecule has 1 aliphatic rings. The number of piperidine rings is 1. The van der Waals surface area contributed by atoms with Gasteiger partial charge in [0.15, 0.2) is 0 Å². The van der Waals surface area contributed by atoms with Gasteiger partial charge in [-0.15, -0.1) is 0 Å². The van der Waals surface area contributed by atoms with Gasteiger partial charge >= 0.3 is 0 Å². The van der Waals surface area contributed by atoms with E-state index in [9.17, 15) is 4.79 Å². The number of amides is 1. The largest absolute Gasteiger partial charge is 0.373 e. The molecule has 0 unspecified atom stereocenters. The quantitative estimate of drug-likeness (QED) is 0.813. The van der Waals surface area contributed by atoms with Crippen molar-refractivity contribution >= 4 is 12.2 Å². The normalized spacial score (nSPS) is 20.1. The second kappa shape index (κ2) is 5.17. The zero-order valence-corrected chi connectivity index (χ0v) is 10.4. The van der Waals surface area contributed by atoms with Gasteiger partial charge in [-0.1, -0.05) is 6.07 Å². The number of aryl methyl sites for hydroxylation is 1. The number of nitrogens with one attached hydrogen (secondary N) is 1. The molecular formula is C13H19N3O. The number of nitrogens with zero attached hydrogens (tertiary/aromatic N) is 2. The molecule has 4 nitrogen and oxygen atoms in total. The van der Waals surface area contributed by atoms with E-state index in [1.165, 1.54) is 12.0 Å². The second-order valence-electron chi connectivity index (χ2n) is 4.48. The van der Waals surface area contributed by atoms with Gasteiger partial charge in [-0.2, -0.15) is 0 Å².